The van der Waals surface area contributed by atoms with Gasteiger partial charge in [0.05, 0.1) is 4.92 Å². The summed E-state index contributed by atoms with van der Waals surface area (Å²) in [7, 11) is 0. The lowest BCUT2D eigenvalue weighted by Crippen LogP contribution is -2.15. The van der Waals surface area contributed by atoms with E-state index in [0.717, 1.165) is 10.7 Å². The van der Waals surface area contributed by atoms with Crippen molar-refractivity contribution in [1.29, 1.82) is 0 Å². The molecule has 84 valence electrons. The number of ether oxygens (including phenoxy) is 2. The molecule has 6 heteroatoms. The van der Waals surface area contributed by atoms with Gasteiger partial charge in [-0.05, 0) is 17.7 Å². The van der Waals surface area contributed by atoms with E-state index in [9.17, 15) is 10.1 Å². The lowest BCUT2D eigenvalue weighted by atomic mass is 10.2. The monoisotopic (exact) mass is 285 g/mol. The van der Waals surface area contributed by atoms with Gasteiger partial charge in [0.25, 0.3) is 0 Å². The smallest absolute Gasteiger partial charge is 0.235 e. The van der Waals surface area contributed by atoms with E-state index in [2.05, 4.69) is 15.9 Å². The minimum Gasteiger partial charge on any atom is -0.486 e. The topological polar surface area (TPSA) is 61.6 Å². The highest BCUT2D eigenvalue weighted by atomic mass is 79.9. The zero-order valence-corrected chi connectivity index (χ0v) is 9.77. The Labute approximate surface area is 99.9 Å². The number of hydrogen-bond donors (Lipinski definition) is 0. The van der Waals surface area contributed by atoms with Crippen LogP contribution in [0.25, 0.3) is 6.08 Å². The molecule has 0 unspecified atom stereocenters. The normalized spacial score (nSPS) is 14.1. The largest absolute Gasteiger partial charge is 0.486 e. The Balaban J connectivity index is 2.35. The van der Waals surface area contributed by atoms with Gasteiger partial charge in [-0.25, -0.2) is 0 Å². The Hall–Kier alpha value is -1.56. The van der Waals surface area contributed by atoms with Crippen molar-refractivity contribution in [2.24, 2.45) is 0 Å². The average Bonchev–Trinajstić information content (AvgIpc) is 2.26. The summed E-state index contributed by atoms with van der Waals surface area (Å²) in [6.45, 7) is 1.01. The summed E-state index contributed by atoms with van der Waals surface area (Å²) in [4.78, 5) is 9.71. The van der Waals surface area contributed by atoms with Crippen molar-refractivity contribution in [3.63, 3.8) is 0 Å². The average molecular weight is 286 g/mol. The Morgan fingerprint density at radius 2 is 1.94 bits per heavy atom. The van der Waals surface area contributed by atoms with Gasteiger partial charge in [-0.1, -0.05) is 15.9 Å². The third-order valence-corrected chi connectivity index (χ3v) is 2.72. The highest BCUT2D eigenvalue weighted by Crippen LogP contribution is 2.35. The van der Waals surface area contributed by atoms with Crippen molar-refractivity contribution in [2.45, 2.75) is 0 Å². The van der Waals surface area contributed by atoms with Crippen LogP contribution < -0.4 is 9.47 Å². The molecule has 0 aromatic heterocycles. The van der Waals surface area contributed by atoms with Gasteiger partial charge < -0.3 is 9.47 Å². The quantitative estimate of drug-likeness (QED) is 0.619. The third kappa shape index (κ3) is 2.33. The second-order valence-electron chi connectivity index (χ2n) is 3.12. The first-order chi connectivity index (χ1) is 7.66. The van der Waals surface area contributed by atoms with Gasteiger partial charge in [0.2, 0.25) is 6.20 Å². The molecule has 0 fully saturated rings. The molecule has 1 aliphatic heterocycles. The Kier molecular flexibility index (Phi) is 3.09. The maximum Gasteiger partial charge on any atom is 0.235 e. The summed E-state index contributed by atoms with van der Waals surface area (Å²) in [5.74, 6) is 1.26. The van der Waals surface area contributed by atoms with E-state index in [1.165, 1.54) is 6.08 Å². The van der Waals surface area contributed by atoms with Crippen molar-refractivity contribution < 1.29 is 14.4 Å². The number of hydrogen-bond acceptors (Lipinski definition) is 4. The van der Waals surface area contributed by atoms with Crippen LogP contribution >= 0.6 is 15.9 Å². The van der Waals surface area contributed by atoms with E-state index in [0.29, 0.717) is 30.3 Å². The summed E-state index contributed by atoms with van der Waals surface area (Å²) in [5, 5.41) is 10.2. The molecule has 0 spiro atoms. The molecule has 0 amide bonds. The van der Waals surface area contributed by atoms with Gasteiger partial charge in [-0.3, -0.25) is 10.1 Å². The number of fused-ring (bicyclic) bond motifs is 1. The Morgan fingerprint density at radius 1 is 1.31 bits per heavy atom. The highest BCUT2D eigenvalue weighted by Gasteiger charge is 2.13. The molecule has 1 heterocycles. The first kappa shape index (κ1) is 10.9. The van der Waals surface area contributed by atoms with Crippen LogP contribution in [0.2, 0.25) is 0 Å². The molecule has 1 aromatic carbocycles. The zero-order valence-electron chi connectivity index (χ0n) is 8.18. The van der Waals surface area contributed by atoms with Gasteiger partial charge >= 0.3 is 0 Å². The SMILES string of the molecule is O=[N+]([O-])C=Cc1cc2c(cc1Br)OCCO2. The predicted molar refractivity (Wildman–Crippen MR) is 61.2 cm³/mol. The Bertz CT molecular complexity index is 458. The molecule has 1 aliphatic rings. The fourth-order valence-electron chi connectivity index (χ4n) is 1.35. The van der Waals surface area contributed by atoms with Crippen LogP contribution in [0, 0.1) is 10.1 Å². The lowest BCUT2D eigenvalue weighted by molar-refractivity contribution is -0.400. The third-order valence-electron chi connectivity index (χ3n) is 2.04. The van der Waals surface area contributed by atoms with Crippen LogP contribution in [0.3, 0.4) is 0 Å². The van der Waals surface area contributed by atoms with E-state index in [-0.39, 0.29) is 0 Å². The van der Waals surface area contributed by atoms with Crippen LogP contribution in [0.15, 0.2) is 22.8 Å². The maximum atomic E-state index is 10.2. The molecule has 0 saturated carbocycles. The Morgan fingerprint density at radius 3 is 2.56 bits per heavy atom. The molecule has 0 radical (unpaired) electrons. The van der Waals surface area contributed by atoms with E-state index >= 15 is 0 Å². The molecule has 1 aromatic rings. The molecule has 0 aliphatic carbocycles. The van der Waals surface area contributed by atoms with Crippen LogP contribution in [0.5, 0.6) is 11.5 Å². The van der Waals surface area contributed by atoms with Gasteiger partial charge in [0.1, 0.15) is 13.2 Å². The van der Waals surface area contributed by atoms with Crippen molar-refractivity contribution in [1.82, 2.24) is 0 Å². The van der Waals surface area contributed by atoms with Gasteiger partial charge in [0, 0.05) is 10.5 Å². The fourth-order valence-corrected chi connectivity index (χ4v) is 1.80. The predicted octanol–water partition coefficient (Wildman–Crippen LogP) is 2.47. The van der Waals surface area contributed by atoms with Crippen molar-refractivity contribution in [3.05, 3.63) is 38.5 Å². The van der Waals surface area contributed by atoms with Crippen molar-refractivity contribution >= 4 is 22.0 Å². The minimum absolute atomic E-state index is 0.493. The summed E-state index contributed by atoms with van der Waals surface area (Å²) >= 11 is 3.32. The van der Waals surface area contributed by atoms with Crippen molar-refractivity contribution in [2.75, 3.05) is 13.2 Å². The molecule has 0 bridgehead atoms. The number of benzene rings is 1. The summed E-state index contributed by atoms with van der Waals surface area (Å²) in [6.07, 6.45) is 2.29. The first-order valence-electron chi connectivity index (χ1n) is 4.57. The second kappa shape index (κ2) is 4.52. The van der Waals surface area contributed by atoms with Crippen molar-refractivity contribution in [3.8, 4) is 11.5 Å². The number of halogens is 1. The van der Waals surface area contributed by atoms with Crippen LogP contribution in [-0.2, 0) is 0 Å². The molecule has 0 N–H and O–H groups in total. The van der Waals surface area contributed by atoms with E-state index in [1.54, 1.807) is 12.1 Å². The first-order valence-corrected chi connectivity index (χ1v) is 5.37. The number of nitrogens with zero attached hydrogens (tertiary/aromatic N) is 1. The maximum absolute atomic E-state index is 10.2. The van der Waals surface area contributed by atoms with Crippen LogP contribution in [0.1, 0.15) is 5.56 Å². The molecule has 0 atom stereocenters. The summed E-state index contributed by atoms with van der Waals surface area (Å²) < 4.78 is 11.5. The molecular formula is C10H8BrNO4. The van der Waals surface area contributed by atoms with Crippen LogP contribution in [-0.4, -0.2) is 18.1 Å². The van der Waals surface area contributed by atoms with Crippen LogP contribution in [0.4, 0.5) is 0 Å². The zero-order chi connectivity index (χ0) is 11.5. The fraction of sp³-hybridized carbons (Fsp3) is 0.200. The second-order valence-corrected chi connectivity index (χ2v) is 3.97. The van der Waals surface area contributed by atoms with Gasteiger partial charge in [0.15, 0.2) is 11.5 Å². The molecular weight excluding hydrogens is 278 g/mol. The number of nitro groups is 1. The molecule has 0 saturated heterocycles. The van der Waals surface area contributed by atoms with Gasteiger partial charge in [-0.15, -0.1) is 0 Å². The van der Waals surface area contributed by atoms with Gasteiger partial charge in [-0.2, -0.15) is 0 Å². The summed E-state index contributed by atoms with van der Waals surface area (Å²) in [6, 6.07) is 3.45. The van der Waals surface area contributed by atoms with E-state index in [4.69, 9.17) is 9.47 Å². The van der Waals surface area contributed by atoms with E-state index < -0.39 is 4.92 Å². The minimum atomic E-state index is -0.511. The molecule has 16 heavy (non-hydrogen) atoms. The number of rotatable bonds is 2. The highest BCUT2D eigenvalue weighted by molar-refractivity contribution is 9.10. The molecule has 2 rings (SSSR count). The summed E-state index contributed by atoms with van der Waals surface area (Å²) in [5.41, 5.74) is 0.681. The van der Waals surface area contributed by atoms with E-state index in [1.807, 2.05) is 0 Å². The standard InChI is InChI=1S/C10H8BrNO4/c11-8-6-10-9(15-3-4-16-10)5-7(8)1-2-12(13)14/h1-2,5-6H,3-4H2. The molecule has 5 nitrogen and oxygen atoms in total. The lowest BCUT2D eigenvalue weighted by Gasteiger charge is -2.19.